The van der Waals surface area contributed by atoms with Gasteiger partial charge in [0, 0.05) is 5.56 Å². The highest BCUT2D eigenvalue weighted by atomic mass is 35.5. The van der Waals surface area contributed by atoms with Gasteiger partial charge in [0.1, 0.15) is 5.82 Å². The number of aryl methyl sites for hydroxylation is 1. The van der Waals surface area contributed by atoms with Crippen molar-refractivity contribution < 1.29 is 4.39 Å². The second-order valence-corrected chi connectivity index (χ2v) is 11.3. The molecule has 0 radical (unpaired) electrons. The molecule has 0 amide bonds. The Morgan fingerprint density at radius 2 is 1.48 bits per heavy atom. The first kappa shape index (κ1) is 41.9. The van der Waals surface area contributed by atoms with Crippen LogP contribution < -0.4 is 0 Å². The van der Waals surface area contributed by atoms with E-state index in [-0.39, 0.29) is 10.8 Å². The number of halogens is 2. The molecule has 238 valence electrons. The van der Waals surface area contributed by atoms with Gasteiger partial charge in [0.15, 0.2) is 0 Å². The van der Waals surface area contributed by atoms with Gasteiger partial charge in [0.2, 0.25) is 0 Å². The highest BCUT2D eigenvalue weighted by molar-refractivity contribution is 6.30. The first-order valence-corrected chi connectivity index (χ1v) is 16.7. The average Bonchev–Trinajstić information content (AvgIpc) is 2.98. The number of nitrogens with zero attached hydrogens (tertiary/aromatic N) is 2. The molecule has 4 heteroatoms. The second-order valence-electron chi connectivity index (χ2n) is 10.9. The van der Waals surface area contributed by atoms with Crippen LogP contribution >= 0.6 is 11.6 Å². The van der Waals surface area contributed by atoms with Gasteiger partial charge in [0.05, 0.1) is 17.4 Å². The van der Waals surface area contributed by atoms with Crippen molar-refractivity contribution in [2.45, 2.75) is 139 Å². The molecule has 0 aliphatic heterocycles. The number of benzene rings is 1. The lowest BCUT2D eigenvalue weighted by Crippen LogP contribution is -2.06. The Balaban J connectivity index is 0. The van der Waals surface area contributed by atoms with Crippen LogP contribution in [0.2, 0.25) is 5.02 Å². The SMILES string of the molecule is C=C(/C=C(/C)CCCC)c1cnncc1C.C=C(C)C(CCCCCCC)Cc1ccc(Cl)c(F)c1.CC.CCCC. The summed E-state index contributed by atoms with van der Waals surface area (Å²) >= 11 is 5.72. The number of rotatable bonds is 15. The van der Waals surface area contributed by atoms with E-state index in [1.807, 2.05) is 26.8 Å². The van der Waals surface area contributed by atoms with E-state index in [0.29, 0.717) is 5.92 Å². The van der Waals surface area contributed by atoms with E-state index in [9.17, 15) is 4.39 Å². The lowest BCUT2D eigenvalue weighted by atomic mass is 9.88. The molecule has 0 saturated heterocycles. The van der Waals surface area contributed by atoms with Gasteiger partial charge < -0.3 is 0 Å². The summed E-state index contributed by atoms with van der Waals surface area (Å²) in [7, 11) is 0. The van der Waals surface area contributed by atoms with Crippen LogP contribution in [0.4, 0.5) is 4.39 Å². The zero-order valence-corrected chi connectivity index (χ0v) is 29.3. The Morgan fingerprint density at radius 3 is 2.00 bits per heavy atom. The second kappa shape index (κ2) is 27.6. The first-order valence-electron chi connectivity index (χ1n) is 16.3. The maximum atomic E-state index is 13.5. The van der Waals surface area contributed by atoms with Crippen molar-refractivity contribution in [2.24, 2.45) is 5.92 Å². The molecule has 0 spiro atoms. The van der Waals surface area contributed by atoms with Gasteiger partial charge in [-0.2, -0.15) is 10.2 Å². The number of unbranched alkanes of at least 4 members (excludes halogenated alkanes) is 6. The highest BCUT2D eigenvalue weighted by Crippen LogP contribution is 2.25. The molecule has 2 rings (SSSR count). The minimum Gasteiger partial charge on any atom is -0.205 e. The minimum absolute atomic E-state index is 0.195. The summed E-state index contributed by atoms with van der Waals surface area (Å²) in [6, 6.07) is 5.11. The molecule has 1 aromatic heterocycles. The smallest absolute Gasteiger partial charge is 0.142 e. The monoisotopic (exact) mass is 600 g/mol. The number of hydrogen-bond acceptors (Lipinski definition) is 2. The van der Waals surface area contributed by atoms with Crippen LogP contribution in [0.25, 0.3) is 5.57 Å². The van der Waals surface area contributed by atoms with Gasteiger partial charge in [-0.15, -0.1) is 0 Å². The van der Waals surface area contributed by atoms with Crippen molar-refractivity contribution in [3.05, 3.63) is 88.5 Å². The maximum absolute atomic E-state index is 13.5. The van der Waals surface area contributed by atoms with E-state index < -0.39 is 0 Å². The fourth-order valence-corrected chi connectivity index (χ4v) is 4.21. The van der Waals surface area contributed by atoms with Crippen molar-refractivity contribution >= 4 is 17.2 Å². The van der Waals surface area contributed by atoms with Crippen molar-refractivity contribution in [1.29, 1.82) is 0 Å². The fourth-order valence-electron chi connectivity index (χ4n) is 4.09. The van der Waals surface area contributed by atoms with Gasteiger partial charge in [-0.1, -0.05) is 141 Å². The Labute approximate surface area is 265 Å². The zero-order chi connectivity index (χ0) is 32.3. The molecule has 1 atom stereocenters. The van der Waals surface area contributed by atoms with E-state index in [2.05, 4.69) is 71.0 Å². The summed E-state index contributed by atoms with van der Waals surface area (Å²) in [5.74, 6) is 0.116. The largest absolute Gasteiger partial charge is 0.205 e. The van der Waals surface area contributed by atoms with E-state index in [4.69, 9.17) is 11.6 Å². The zero-order valence-electron chi connectivity index (χ0n) is 28.6. The predicted molar refractivity (Wildman–Crippen MR) is 188 cm³/mol. The van der Waals surface area contributed by atoms with Crippen molar-refractivity contribution in [2.75, 3.05) is 0 Å². The van der Waals surface area contributed by atoms with Crippen LogP contribution in [-0.2, 0) is 6.42 Å². The van der Waals surface area contributed by atoms with Crippen LogP contribution in [0.5, 0.6) is 0 Å². The van der Waals surface area contributed by atoms with Crippen LogP contribution in [0.1, 0.15) is 143 Å². The highest BCUT2D eigenvalue weighted by Gasteiger charge is 2.12. The molecule has 2 aromatic rings. The quantitative estimate of drug-likeness (QED) is 0.115. The van der Waals surface area contributed by atoms with E-state index in [0.717, 1.165) is 41.5 Å². The molecule has 1 aromatic carbocycles. The van der Waals surface area contributed by atoms with Gasteiger partial charge in [-0.3, -0.25) is 0 Å². The predicted octanol–water partition coefficient (Wildman–Crippen LogP) is 13.3. The van der Waals surface area contributed by atoms with Crippen molar-refractivity contribution in [3.63, 3.8) is 0 Å². The molecule has 1 unspecified atom stereocenters. The Hall–Kier alpha value is -2.26. The summed E-state index contributed by atoms with van der Waals surface area (Å²) < 4.78 is 13.5. The van der Waals surface area contributed by atoms with Gasteiger partial charge in [-0.25, -0.2) is 4.39 Å². The van der Waals surface area contributed by atoms with Crippen LogP contribution in [0.3, 0.4) is 0 Å². The molecule has 0 fully saturated rings. The molecule has 0 aliphatic rings. The Kier molecular flexibility index (Phi) is 27.5. The standard InChI is InChI=1S/C18H26ClF.C14H20N2.C4H10.C2H6/c1-4-5-6-7-8-9-16(14(2)3)12-15-10-11-17(19)18(20)13-15;1-5-6-7-11(2)8-12(3)14-10-16-15-9-13(14)4;1-3-4-2;1-2/h10-11,13,16H,2,4-9,12H2,1,3H3;8-10H,3,5-7H2,1-2,4H3;3-4H2,1-2H3;1-2H3/b;11-8-;;. The first-order chi connectivity index (χ1) is 20.1. The Bertz CT molecular complexity index is 1010. The average molecular weight is 601 g/mol. The molecular formula is C38H62ClFN2. The summed E-state index contributed by atoms with van der Waals surface area (Å²) in [6.07, 6.45) is 20.4. The topological polar surface area (TPSA) is 25.8 Å². The van der Waals surface area contributed by atoms with Gasteiger partial charge in [0.25, 0.3) is 0 Å². The lowest BCUT2D eigenvalue weighted by molar-refractivity contribution is 0.502. The molecule has 0 aliphatic carbocycles. The summed E-state index contributed by atoms with van der Waals surface area (Å²) in [4.78, 5) is 0. The summed E-state index contributed by atoms with van der Waals surface area (Å²) in [5, 5.41) is 7.93. The molecule has 2 nitrogen and oxygen atoms in total. The Morgan fingerprint density at radius 1 is 0.881 bits per heavy atom. The van der Waals surface area contributed by atoms with E-state index in [1.54, 1.807) is 24.5 Å². The summed E-state index contributed by atoms with van der Waals surface area (Å²) in [5.41, 5.74) is 6.82. The third-order valence-electron chi connectivity index (χ3n) is 6.94. The van der Waals surface area contributed by atoms with Crippen molar-refractivity contribution in [3.8, 4) is 0 Å². The molecule has 0 N–H and O–H groups in total. The molecular weight excluding hydrogens is 539 g/mol. The lowest BCUT2D eigenvalue weighted by Gasteiger charge is -2.17. The van der Waals surface area contributed by atoms with Crippen molar-refractivity contribution in [1.82, 2.24) is 10.2 Å². The molecule has 42 heavy (non-hydrogen) atoms. The molecule has 1 heterocycles. The van der Waals surface area contributed by atoms with E-state index >= 15 is 0 Å². The number of allylic oxidation sites excluding steroid dienone is 4. The third kappa shape index (κ3) is 20.6. The molecule has 0 bridgehead atoms. The van der Waals surface area contributed by atoms with Crippen LogP contribution in [0, 0.1) is 18.7 Å². The van der Waals surface area contributed by atoms with Gasteiger partial charge in [-0.05, 0) is 81.2 Å². The third-order valence-corrected chi connectivity index (χ3v) is 7.25. The number of aromatic nitrogens is 2. The summed E-state index contributed by atoms with van der Waals surface area (Å²) in [6.45, 7) is 27.2. The number of hydrogen-bond donors (Lipinski definition) is 0. The minimum atomic E-state index is -0.326. The van der Waals surface area contributed by atoms with E-state index in [1.165, 1.54) is 68.9 Å². The van der Waals surface area contributed by atoms with Gasteiger partial charge >= 0.3 is 0 Å². The molecule has 0 saturated carbocycles. The maximum Gasteiger partial charge on any atom is 0.142 e. The fraction of sp³-hybridized carbons (Fsp3) is 0.579. The van der Waals surface area contributed by atoms with Crippen LogP contribution in [-0.4, -0.2) is 10.2 Å². The van der Waals surface area contributed by atoms with Crippen LogP contribution in [0.15, 0.2) is 61.0 Å². The normalized spacial score (nSPS) is 11.2.